The van der Waals surface area contributed by atoms with Crippen LogP contribution < -0.4 is 11.1 Å². The van der Waals surface area contributed by atoms with Gasteiger partial charge in [-0.2, -0.15) is 0 Å². The summed E-state index contributed by atoms with van der Waals surface area (Å²) in [5.41, 5.74) is 5.86. The average molecular weight is 268 g/mol. The van der Waals surface area contributed by atoms with E-state index in [1.807, 2.05) is 0 Å². The van der Waals surface area contributed by atoms with Crippen molar-refractivity contribution in [3.05, 3.63) is 0 Å². The molecule has 4 nitrogen and oxygen atoms in total. The maximum Gasteiger partial charge on any atom is 0.188 e. The SMILES string of the molecule is CCCCCCN=C(N)NCCN1CCCCCC1. The number of nitrogens with two attached hydrogens (primary N) is 1. The molecule has 1 aliphatic heterocycles. The van der Waals surface area contributed by atoms with Crippen molar-refractivity contribution in [3.8, 4) is 0 Å². The zero-order chi connectivity index (χ0) is 13.8. The fourth-order valence-electron chi connectivity index (χ4n) is 2.50. The third kappa shape index (κ3) is 8.87. The quantitative estimate of drug-likeness (QED) is 0.404. The molecular formula is C15H32N4. The molecule has 0 spiro atoms. The first-order valence-electron chi connectivity index (χ1n) is 8.09. The highest BCUT2D eigenvalue weighted by Crippen LogP contribution is 2.08. The van der Waals surface area contributed by atoms with E-state index in [-0.39, 0.29) is 0 Å². The Kier molecular flexibility index (Phi) is 9.51. The largest absolute Gasteiger partial charge is 0.370 e. The second-order valence-electron chi connectivity index (χ2n) is 5.51. The van der Waals surface area contributed by atoms with Crippen LogP contribution in [0.25, 0.3) is 0 Å². The van der Waals surface area contributed by atoms with Gasteiger partial charge in [-0.15, -0.1) is 0 Å². The summed E-state index contributed by atoms with van der Waals surface area (Å²) in [5, 5.41) is 3.23. The van der Waals surface area contributed by atoms with Crippen molar-refractivity contribution < 1.29 is 0 Å². The number of hydrogen-bond acceptors (Lipinski definition) is 2. The Hall–Kier alpha value is -0.770. The summed E-state index contributed by atoms with van der Waals surface area (Å²) in [6.07, 6.45) is 10.5. The van der Waals surface area contributed by atoms with Gasteiger partial charge in [-0.3, -0.25) is 4.99 Å². The number of rotatable bonds is 8. The lowest BCUT2D eigenvalue weighted by Crippen LogP contribution is -2.39. The highest BCUT2D eigenvalue weighted by Gasteiger charge is 2.07. The van der Waals surface area contributed by atoms with Gasteiger partial charge < -0.3 is 16.0 Å². The molecule has 1 rings (SSSR count). The van der Waals surface area contributed by atoms with E-state index in [9.17, 15) is 0 Å². The molecule has 0 aromatic heterocycles. The third-order valence-electron chi connectivity index (χ3n) is 3.73. The van der Waals surface area contributed by atoms with Crippen molar-refractivity contribution in [1.29, 1.82) is 0 Å². The van der Waals surface area contributed by atoms with Crippen LogP contribution in [0.1, 0.15) is 58.3 Å². The Labute approximate surface area is 118 Å². The smallest absolute Gasteiger partial charge is 0.188 e. The van der Waals surface area contributed by atoms with Gasteiger partial charge in [0.2, 0.25) is 0 Å². The predicted molar refractivity (Wildman–Crippen MR) is 83.5 cm³/mol. The van der Waals surface area contributed by atoms with Crippen LogP contribution in [0.15, 0.2) is 4.99 Å². The minimum absolute atomic E-state index is 0.617. The van der Waals surface area contributed by atoms with Crippen LogP contribution in [-0.4, -0.2) is 43.6 Å². The van der Waals surface area contributed by atoms with Gasteiger partial charge in [0.25, 0.3) is 0 Å². The Bertz CT molecular complexity index is 232. The maximum absolute atomic E-state index is 5.86. The predicted octanol–water partition coefficient (Wildman–Crippen LogP) is 2.35. The maximum atomic E-state index is 5.86. The fraction of sp³-hybridized carbons (Fsp3) is 0.933. The first-order chi connectivity index (χ1) is 9.33. The number of nitrogens with one attached hydrogen (secondary N) is 1. The standard InChI is InChI=1S/C15H32N4/c1-2-3-4-7-10-17-15(16)18-11-14-19-12-8-5-6-9-13-19/h2-14H2,1H3,(H3,16,17,18). The van der Waals surface area contributed by atoms with Crippen LogP contribution in [0, 0.1) is 0 Å². The third-order valence-corrected chi connectivity index (χ3v) is 3.73. The molecule has 3 N–H and O–H groups in total. The summed E-state index contributed by atoms with van der Waals surface area (Å²) in [6, 6.07) is 0. The van der Waals surface area contributed by atoms with Gasteiger partial charge >= 0.3 is 0 Å². The van der Waals surface area contributed by atoms with E-state index in [0.29, 0.717) is 5.96 Å². The summed E-state index contributed by atoms with van der Waals surface area (Å²) in [5.74, 6) is 0.617. The summed E-state index contributed by atoms with van der Waals surface area (Å²) in [7, 11) is 0. The molecule has 0 bridgehead atoms. The van der Waals surface area contributed by atoms with Gasteiger partial charge in [0, 0.05) is 19.6 Å². The van der Waals surface area contributed by atoms with Crippen LogP contribution in [-0.2, 0) is 0 Å². The molecule has 1 saturated heterocycles. The zero-order valence-corrected chi connectivity index (χ0v) is 12.7. The minimum Gasteiger partial charge on any atom is -0.370 e. The lowest BCUT2D eigenvalue weighted by Gasteiger charge is -2.19. The molecule has 0 aromatic carbocycles. The second-order valence-corrected chi connectivity index (χ2v) is 5.51. The molecule has 19 heavy (non-hydrogen) atoms. The molecule has 4 heteroatoms. The Balaban J connectivity index is 2.01. The van der Waals surface area contributed by atoms with Crippen LogP contribution in [0.3, 0.4) is 0 Å². The number of nitrogens with zero attached hydrogens (tertiary/aromatic N) is 2. The summed E-state index contributed by atoms with van der Waals surface area (Å²) < 4.78 is 0. The number of guanidine groups is 1. The lowest BCUT2D eigenvalue weighted by atomic mass is 10.2. The van der Waals surface area contributed by atoms with Crippen molar-refractivity contribution in [3.63, 3.8) is 0 Å². The Morgan fingerprint density at radius 3 is 2.53 bits per heavy atom. The molecule has 1 fully saturated rings. The molecule has 0 atom stereocenters. The molecule has 0 aliphatic carbocycles. The highest BCUT2D eigenvalue weighted by molar-refractivity contribution is 5.77. The molecule has 1 aliphatic rings. The number of aliphatic imine (C=N–C) groups is 1. The molecule has 1 heterocycles. The summed E-state index contributed by atoms with van der Waals surface area (Å²) in [6.45, 7) is 7.59. The molecule has 0 amide bonds. The van der Waals surface area contributed by atoms with Gasteiger partial charge in [0.1, 0.15) is 0 Å². The van der Waals surface area contributed by atoms with E-state index in [4.69, 9.17) is 5.73 Å². The van der Waals surface area contributed by atoms with E-state index >= 15 is 0 Å². The molecule has 0 unspecified atom stereocenters. The Morgan fingerprint density at radius 2 is 1.84 bits per heavy atom. The van der Waals surface area contributed by atoms with E-state index in [0.717, 1.165) is 26.1 Å². The van der Waals surface area contributed by atoms with Crippen LogP contribution in [0.5, 0.6) is 0 Å². The van der Waals surface area contributed by atoms with Crippen LogP contribution in [0.2, 0.25) is 0 Å². The van der Waals surface area contributed by atoms with Crippen molar-refractivity contribution in [1.82, 2.24) is 10.2 Å². The van der Waals surface area contributed by atoms with E-state index in [1.54, 1.807) is 0 Å². The number of hydrogen-bond donors (Lipinski definition) is 2. The zero-order valence-electron chi connectivity index (χ0n) is 12.7. The first kappa shape index (κ1) is 16.3. The van der Waals surface area contributed by atoms with Crippen molar-refractivity contribution in [2.75, 3.05) is 32.7 Å². The van der Waals surface area contributed by atoms with Crippen molar-refractivity contribution in [2.45, 2.75) is 58.3 Å². The molecule has 112 valence electrons. The Morgan fingerprint density at radius 1 is 1.11 bits per heavy atom. The van der Waals surface area contributed by atoms with Crippen LogP contribution >= 0.6 is 0 Å². The van der Waals surface area contributed by atoms with Gasteiger partial charge in [-0.25, -0.2) is 0 Å². The van der Waals surface area contributed by atoms with Gasteiger partial charge in [0.15, 0.2) is 5.96 Å². The van der Waals surface area contributed by atoms with Crippen molar-refractivity contribution >= 4 is 5.96 Å². The fourth-order valence-corrected chi connectivity index (χ4v) is 2.50. The molecule has 0 radical (unpaired) electrons. The van der Waals surface area contributed by atoms with Gasteiger partial charge in [0.05, 0.1) is 0 Å². The van der Waals surface area contributed by atoms with E-state index < -0.39 is 0 Å². The van der Waals surface area contributed by atoms with Gasteiger partial charge in [-0.05, 0) is 32.4 Å². The summed E-state index contributed by atoms with van der Waals surface area (Å²) in [4.78, 5) is 6.90. The normalized spacial score (nSPS) is 18.3. The first-order valence-corrected chi connectivity index (χ1v) is 8.09. The molecule has 0 aromatic rings. The van der Waals surface area contributed by atoms with Crippen molar-refractivity contribution in [2.24, 2.45) is 10.7 Å². The highest BCUT2D eigenvalue weighted by atomic mass is 15.2. The monoisotopic (exact) mass is 268 g/mol. The van der Waals surface area contributed by atoms with E-state index in [2.05, 4.69) is 22.1 Å². The average Bonchev–Trinajstić information content (AvgIpc) is 2.67. The molecule has 0 saturated carbocycles. The van der Waals surface area contributed by atoms with E-state index in [1.165, 1.54) is 58.0 Å². The summed E-state index contributed by atoms with van der Waals surface area (Å²) >= 11 is 0. The lowest BCUT2D eigenvalue weighted by molar-refractivity contribution is 0.289. The topological polar surface area (TPSA) is 53.6 Å². The number of likely N-dealkylation sites (tertiary alicyclic amines) is 1. The second kappa shape index (κ2) is 11.1. The minimum atomic E-state index is 0.617. The molecular weight excluding hydrogens is 236 g/mol. The van der Waals surface area contributed by atoms with Crippen LogP contribution in [0.4, 0.5) is 0 Å². The number of unbranched alkanes of at least 4 members (excludes halogenated alkanes) is 3. The van der Waals surface area contributed by atoms with Gasteiger partial charge in [-0.1, -0.05) is 39.0 Å².